The molecule has 2 aromatic carbocycles. The summed E-state index contributed by atoms with van der Waals surface area (Å²) in [6, 6.07) is 39.7. The topological polar surface area (TPSA) is 94.5 Å². The third kappa shape index (κ3) is 7.47. The van der Waals surface area contributed by atoms with Gasteiger partial charge in [0.2, 0.25) is 0 Å². The van der Waals surface area contributed by atoms with Crippen molar-refractivity contribution in [3.63, 3.8) is 0 Å². The third-order valence-electron chi connectivity index (χ3n) is 7.87. The summed E-state index contributed by atoms with van der Waals surface area (Å²) in [4.78, 5) is 44.9. The molecular formula is C41H32N4O4S2. The van der Waals surface area contributed by atoms with Crippen LogP contribution in [0.5, 0.6) is 0 Å². The average Bonchev–Trinajstić information content (AvgIpc) is 3.87. The van der Waals surface area contributed by atoms with Crippen molar-refractivity contribution in [2.45, 2.75) is 13.8 Å². The van der Waals surface area contributed by atoms with Gasteiger partial charge < -0.3 is 14.4 Å². The van der Waals surface area contributed by atoms with E-state index in [4.69, 9.17) is 14.5 Å². The van der Waals surface area contributed by atoms with Gasteiger partial charge in [-0.15, -0.1) is 22.7 Å². The minimum absolute atomic E-state index is 0.221. The lowest BCUT2D eigenvalue weighted by molar-refractivity contribution is 0.0516. The Bertz CT molecular complexity index is 2260. The van der Waals surface area contributed by atoms with Gasteiger partial charge in [-0.3, -0.25) is 9.97 Å². The van der Waals surface area contributed by atoms with E-state index in [0.29, 0.717) is 33.9 Å². The number of anilines is 3. The smallest absolute Gasteiger partial charge is 0.338 e. The number of hydrogen-bond donors (Lipinski definition) is 0. The van der Waals surface area contributed by atoms with E-state index in [-0.39, 0.29) is 13.2 Å². The number of carbonyl (C=O) groups excluding carboxylic acids is 2. The molecule has 0 spiro atoms. The number of carbonyl (C=O) groups is 2. The minimum Gasteiger partial charge on any atom is -0.462 e. The quantitative estimate of drug-likeness (QED) is 0.123. The molecule has 0 radical (unpaired) electrons. The van der Waals surface area contributed by atoms with Crippen LogP contribution in [-0.4, -0.2) is 40.1 Å². The maximum absolute atomic E-state index is 12.9. The molecular weight excluding hydrogens is 677 g/mol. The van der Waals surface area contributed by atoms with Gasteiger partial charge in [-0.25, -0.2) is 14.6 Å². The van der Waals surface area contributed by atoms with Crippen molar-refractivity contribution in [2.75, 3.05) is 18.1 Å². The Morgan fingerprint density at radius 3 is 1.75 bits per heavy atom. The largest absolute Gasteiger partial charge is 0.462 e. The molecule has 0 saturated carbocycles. The zero-order valence-electron chi connectivity index (χ0n) is 27.9. The van der Waals surface area contributed by atoms with Crippen LogP contribution in [0.1, 0.15) is 34.6 Å². The second-order valence-electron chi connectivity index (χ2n) is 11.2. The number of hydrogen-bond acceptors (Lipinski definition) is 10. The standard InChI is InChI=1S/C41H32N4O4S2/c1-3-48-40(46)28-20-22-43-33(24-28)35-26-29(41(47)49-4-2)25-34(44-35)32-23-27(19-21-42-32)36-15-16-37(50-36)38-17-18-39(51-38)45(30-11-7-5-8-12-30)31-13-9-6-10-14-31/h5-26H,3-4H2,1-2H3. The first-order chi connectivity index (χ1) is 25.0. The molecule has 7 rings (SSSR count). The van der Waals surface area contributed by atoms with Crippen molar-refractivity contribution in [3.8, 4) is 43.0 Å². The monoisotopic (exact) mass is 708 g/mol. The van der Waals surface area contributed by atoms with Gasteiger partial charge in [-0.2, -0.15) is 0 Å². The lowest BCUT2D eigenvalue weighted by Crippen LogP contribution is -2.07. The Labute approximate surface area is 303 Å². The highest BCUT2D eigenvalue weighted by Crippen LogP contribution is 2.44. The summed E-state index contributed by atoms with van der Waals surface area (Å²) in [7, 11) is 0. The number of esters is 2. The average molecular weight is 709 g/mol. The summed E-state index contributed by atoms with van der Waals surface area (Å²) in [6.45, 7) is 3.98. The molecule has 5 heterocycles. The summed E-state index contributed by atoms with van der Waals surface area (Å²) >= 11 is 3.44. The summed E-state index contributed by atoms with van der Waals surface area (Å²) in [5.41, 5.74) is 5.68. The normalized spacial score (nSPS) is 10.9. The van der Waals surface area contributed by atoms with Gasteiger partial charge in [-0.1, -0.05) is 36.4 Å². The van der Waals surface area contributed by atoms with Crippen molar-refractivity contribution < 1.29 is 19.1 Å². The van der Waals surface area contributed by atoms with Gasteiger partial charge in [0.15, 0.2) is 0 Å². The molecule has 10 heteroatoms. The molecule has 0 aliphatic heterocycles. The summed E-state index contributed by atoms with van der Waals surface area (Å²) in [6.07, 6.45) is 3.26. The fraction of sp³-hybridized carbons (Fsp3) is 0.0976. The van der Waals surface area contributed by atoms with Crippen LogP contribution >= 0.6 is 22.7 Å². The lowest BCUT2D eigenvalue weighted by Gasteiger charge is -2.23. The second-order valence-corrected chi connectivity index (χ2v) is 13.4. The predicted molar refractivity (Wildman–Crippen MR) is 204 cm³/mol. The highest BCUT2D eigenvalue weighted by molar-refractivity contribution is 7.25. The fourth-order valence-electron chi connectivity index (χ4n) is 5.52. The van der Waals surface area contributed by atoms with Gasteiger partial charge in [0.05, 0.1) is 47.1 Å². The molecule has 5 aromatic heterocycles. The minimum atomic E-state index is -0.489. The van der Waals surface area contributed by atoms with Gasteiger partial charge >= 0.3 is 11.9 Å². The number of nitrogens with zero attached hydrogens (tertiary/aromatic N) is 4. The molecule has 0 unspecified atom stereocenters. The van der Waals surface area contributed by atoms with Crippen LogP contribution in [0.25, 0.3) is 43.0 Å². The first-order valence-electron chi connectivity index (χ1n) is 16.4. The Morgan fingerprint density at radius 2 is 1.10 bits per heavy atom. The Hall–Kier alpha value is -5.97. The molecule has 8 nitrogen and oxygen atoms in total. The van der Waals surface area contributed by atoms with E-state index in [1.807, 2.05) is 24.3 Å². The van der Waals surface area contributed by atoms with Crippen molar-refractivity contribution in [3.05, 3.63) is 145 Å². The van der Waals surface area contributed by atoms with Crippen LogP contribution in [0.2, 0.25) is 0 Å². The van der Waals surface area contributed by atoms with Crippen LogP contribution in [0, 0.1) is 0 Å². The van der Waals surface area contributed by atoms with E-state index >= 15 is 0 Å². The lowest BCUT2D eigenvalue weighted by atomic mass is 10.1. The van der Waals surface area contributed by atoms with E-state index in [1.54, 1.807) is 67.0 Å². The molecule has 0 amide bonds. The van der Waals surface area contributed by atoms with Gasteiger partial charge in [0, 0.05) is 38.4 Å². The number of thiophene rings is 2. The SMILES string of the molecule is CCOC(=O)c1ccnc(-c2cc(C(=O)OCC)cc(-c3cc(-c4ccc(-c5ccc(N(c6ccccc6)c6ccccc6)s5)s4)ccn3)n2)c1. The van der Waals surface area contributed by atoms with E-state index in [2.05, 4.69) is 87.7 Å². The van der Waals surface area contributed by atoms with E-state index in [0.717, 1.165) is 31.7 Å². The zero-order chi connectivity index (χ0) is 35.2. The zero-order valence-corrected chi connectivity index (χ0v) is 29.5. The number of aromatic nitrogens is 3. The van der Waals surface area contributed by atoms with E-state index in [9.17, 15) is 9.59 Å². The molecule has 0 fully saturated rings. The number of rotatable bonds is 11. The molecule has 0 N–H and O–H groups in total. The van der Waals surface area contributed by atoms with Crippen molar-refractivity contribution in [1.29, 1.82) is 0 Å². The Morgan fingerprint density at radius 1 is 0.569 bits per heavy atom. The van der Waals surface area contributed by atoms with Gasteiger partial charge in [-0.05, 0) is 104 Å². The molecule has 0 saturated heterocycles. The molecule has 7 aromatic rings. The van der Waals surface area contributed by atoms with Gasteiger partial charge in [0.1, 0.15) is 5.00 Å². The number of ether oxygens (including phenoxy) is 2. The number of pyridine rings is 3. The molecule has 0 atom stereocenters. The fourth-order valence-corrected chi connectivity index (χ4v) is 7.67. The summed E-state index contributed by atoms with van der Waals surface area (Å²) in [5, 5.41) is 1.12. The molecule has 252 valence electrons. The highest BCUT2D eigenvalue weighted by atomic mass is 32.1. The van der Waals surface area contributed by atoms with Crippen LogP contribution in [-0.2, 0) is 9.47 Å². The molecule has 0 aliphatic carbocycles. The van der Waals surface area contributed by atoms with E-state index in [1.165, 1.54) is 11.1 Å². The van der Waals surface area contributed by atoms with Gasteiger partial charge in [0.25, 0.3) is 0 Å². The molecule has 0 aliphatic rings. The molecule has 0 bridgehead atoms. The maximum Gasteiger partial charge on any atom is 0.338 e. The highest BCUT2D eigenvalue weighted by Gasteiger charge is 2.19. The summed E-state index contributed by atoms with van der Waals surface area (Å²) < 4.78 is 10.5. The van der Waals surface area contributed by atoms with Crippen LogP contribution in [0.4, 0.5) is 16.4 Å². The Balaban J connectivity index is 1.21. The predicted octanol–water partition coefficient (Wildman–Crippen LogP) is 10.5. The van der Waals surface area contributed by atoms with Crippen molar-refractivity contribution >= 4 is 51.0 Å². The van der Waals surface area contributed by atoms with E-state index < -0.39 is 11.9 Å². The first-order valence-corrected chi connectivity index (χ1v) is 18.0. The van der Waals surface area contributed by atoms with Crippen LogP contribution in [0.15, 0.2) is 134 Å². The number of para-hydroxylation sites is 2. The first kappa shape index (κ1) is 33.5. The number of benzene rings is 2. The van der Waals surface area contributed by atoms with Crippen molar-refractivity contribution in [2.24, 2.45) is 0 Å². The maximum atomic E-state index is 12.9. The summed E-state index contributed by atoms with van der Waals surface area (Å²) in [5.74, 6) is -0.951. The third-order valence-corrected chi connectivity index (χ3v) is 10.3. The second kappa shape index (κ2) is 15.3. The van der Waals surface area contributed by atoms with Crippen LogP contribution in [0.3, 0.4) is 0 Å². The Kier molecular flexibility index (Phi) is 10.0. The van der Waals surface area contributed by atoms with Crippen molar-refractivity contribution in [1.82, 2.24) is 15.0 Å². The molecule has 51 heavy (non-hydrogen) atoms. The van der Waals surface area contributed by atoms with Crippen LogP contribution < -0.4 is 4.90 Å².